The van der Waals surface area contributed by atoms with Crippen LogP contribution in [0.5, 0.6) is 0 Å². The molecule has 2 aromatic carbocycles. The maximum atomic E-state index is 13.0. The molecule has 0 radical (unpaired) electrons. The first kappa shape index (κ1) is 19.2. The highest BCUT2D eigenvalue weighted by Gasteiger charge is 2.45. The van der Waals surface area contributed by atoms with Crippen LogP contribution in [-0.4, -0.2) is 41.1 Å². The van der Waals surface area contributed by atoms with Gasteiger partial charge in [-0.3, -0.25) is 9.59 Å². The van der Waals surface area contributed by atoms with Gasteiger partial charge in [0.05, 0.1) is 6.54 Å². The Bertz CT molecular complexity index is 971. The molecular formula is C23H25N3O3. The lowest BCUT2D eigenvalue weighted by Gasteiger charge is -2.38. The molecule has 4 rings (SSSR count). The Balaban J connectivity index is 1.42. The number of amides is 2. The first-order chi connectivity index (χ1) is 14.0. The largest absolute Gasteiger partial charge is 0.386 e. The molecule has 0 aliphatic carbocycles. The van der Waals surface area contributed by atoms with Crippen molar-refractivity contribution in [2.45, 2.75) is 38.7 Å². The molecule has 0 saturated carbocycles. The second-order valence-electron chi connectivity index (χ2n) is 7.94. The molecule has 1 fully saturated rings. The number of hydrogen-bond acceptors (Lipinski definition) is 4. The van der Waals surface area contributed by atoms with Gasteiger partial charge < -0.3 is 15.1 Å². The van der Waals surface area contributed by atoms with Gasteiger partial charge in [0.2, 0.25) is 0 Å². The molecule has 0 aromatic heterocycles. The molecular weight excluding hydrogens is 366 g/mol. The first-order valence-electron chi connectivity index (χ1n) is 9.94. The highest BCUT2D eigenvalue weighted by atomic mass is 16.7. The number of nitrogens with one attached hydrogen (secondary N) is 1. The van der Waals surface area contributed by atoms with Crippen LogP contribution < -0.4 is 5.32 Å². The van der Waals surface area contributed by atoms with Gasteiger partial charge in [-0.1, -0.05) is 29.4 Å². The number of aryl methyl sites for hydroxylation is 2. The summed E-state index contributed by atoms with van der Waals surface area (Å²) in [5, 5.41) is 6.91. The van der Waals surface area contributed by atoms with Crippen molar-refractivity contribution in [3.05, 3.63) is 65.2 Å². The maximum Gasteiger partial charge on any atom is 0.273 e. The van der Waals surface area contributed by atoms with Gasteiger partial charge >= 0.3 is 0 Å². The van der Waals surface area contributed by atoms with E-state index in [1.807, 2.05) is 67.3 Å². The normalized spacial score (nSPS) is 20.9. The fraction of sp³-hybridized carbons (Fsp3) is 0.348. The smallest absolute Gasteiger partial charge is 0.273 e. The van der Waals surface area contributed by atoms with Crippen molar-refractivity contribution < 1.29 is 14.4 Å². The third kappa shape index (κ3) is 4.01. The molecule has 0 unspecified atom stereocenters. The van der Waals surface area contributed by atoms with Crippen molar-refractivity contribution in [3.63, 3.8) is 0 Å². The third-order valence-electron chi connectivity index (χ3n) is 5.71. The molecule has 0 bridgehead atoms. The second kappa shape index (κ2) is 7.70. The van der Waals surface area contributed by atoms with Crippen molar-refractivity contribution in [2.75, 3.05) is 18.4 Å². The summed E-state index contributed by atoms with van der Waals surface area (Å²) >= 11 is 0. The van der Waals surface area contributed by atoms with E-state index < -0.39 is 5.60 Å². The predicted molar refractivity (Wildman–Crippen MR) is 112 cm³/mol. The van der Waals surface area contributed by atoms with Crippen LogP contribution in [-0.2, 0) is 9.63 Å². The highest BCUT2D eigenvalue weighted by Crippen LogP contribution is 2.34. The molecule has 2 aromatic rings. The summed E-state index contributed by atoms with van der Waals surface area (Å²) in [6.45, 7) is 5.16. The Hall–Kier alpha value is -3.15. The zero-order valence-corrected chi connectivity index (χ0v) is 16.8. The van der Waals surface area contributed by atoms with Crippen LogP contribution in [0.2, 0.25) is 0 Å². The van der Waals surface area contributed by atoms with E-state index in [0.29, 0.717) is 30.8 Å². The Labute approximate surface area is 170 Å². The van der Waals surface area contributed by atoms with Crippen molar-refractivity contribution in [2.24, 2.45) is 5.16 Å². The number of rotatable bonds is 3. The van der Waals surface area contributed by atoms with Gasteiger partial charge in [-0.25, -0.2) is 0 Å². The van der Waals surface area contributed by atoms with Crippen LogP contribution in [0.15, 0.2) is 53.7 Å². The van der Waals surface area contributed by atoms with Crippen molar-refractivity contribution >= 4 is 23.2 Å². The number of oxime groups is 1. The van der Waals surface area contributed by atoms with Crippen LogP contribution in [0.3, 0.4) is 0 Å². The lowest BCUT2D eigenvalue weighted by molar-refractivity contribution is -0.110. The van der Waals surface area contributed by atoms with E-state index in [9.17, 15) is 9.59 Å². The minimum Gasteiger partial charge on any atom is -0.386 e. The van der Waals surface area contributed by atoms with Crippen molar-refractivity contribution in [1.82, 2.24) is 4.90 Å². The van der Waals surface area contributed by atoms with Gasteiger partial charge in [-0.2, -0.15) is 0 Å². The number of nitrogens with zero attached hydrogens (tertiary/aromatic N) is 2. The van der Waals surface area contributed by atoms with Crippen LogP contribution in [0.1, 0.15) is 40.7 Å². The molecule has 1 atom stereocenters. The number of benzene rings is 2. The van der Waals surface area contributed by atoms with Crippen molar-refractivity contribution in [1.29, 1.82) is 0 Å². The van der Waals surface area contributed by atoms with E-state index in [1.165, 1.54) is 5.56 Å². The topological polar surface area (TPSA) is 71.0 Å². The van der Waals surface area contributed by atoms with Gasteiger partial charge in [0.25, 0.3) is 11.8 Å². The number of hydrogen-bond donors (Lipinski definition) is 1. The minimum atomic E-state index is -0.614. The number of carbonyl (C=O) groups excluding carboxylic acids is 2. The third-order valence-corrected chi connectivity index (χ3v) is 5.71. The molecule has 2 heterocycles. The molecule has 1 saturated heterocycles. The lowest BCUT2D eigenvalue weighted by atomic mass is 9.87. The van der Waals surface area contributed by atoms with Crippen LogP contribution in [0.4, 0.5) is 5.69 Å². The van der Waals surface area contributed by atoms with E-state index in [2.05, 4.69) is 10.5 Å². The summed E-state index contributed by atoms with van der Waals surface area (Å²) in [5.41, 5.74) is 3.43. The van der Waals surface area contributed by atoms with E-state index in [0.717, 1.165) is 24.1 Å². The molecule has 2 aliphatic rings. The Morgan fingerprint density at radius 2 is 1.90 bits per heavy atom. The SMILES string of the molecule is Cc1ccc(C(=O)N2CCC[C@]3(CC(C(=O)Nc4ccccc4)=NO3)C2)cc1C. The summed E-state index contributed by atoms with van der Waals surface area (Å²) in [6.07, 6.45) is 2.00. The zero-order valence-electron chi connectivity index (χ0n) is 16.8. The standard InChI is InChI=1S/C23H25N3O3/c1-16-9-10-18(13-17(16)2)22(28)26-12-6-11-23(15-26)14-20(25-29-23)21(27)24-19-7-4-3-5-8-19/h3-5,7-10,13H,6,11-12,14-15H2,1-2H3,(H,24,27)/t23-/m0/s1. The summed E-state index contributed by atoms with van der Waals surface area (Å²) in [4.78, 5) is 33.1. The molecule has 6 heteroatoms. The molecule has 2 amide bonds. The number of carbonyl (C=O) groups is 2. The van der Waals surface area contributed by atoms with E-state index in [1.54, 1.807) is 0 Å². The van der Waals surface area contributed by atoms with Gasteiger partial charge in [0.15, 0.2) is 5.60 Å². The fourth-order valence-corrected chi connectivity index (χ4v) is 3.92. The lowest BCUT2D eigenvalue weighted by Crippen LogP contribution is -2.50. The van der Waals surface area contributed by atoms with Crippen LogP contribution >= 0.6 is 0 Å². The minimum absolute atomic E-state index is 0.00189. The van der Waals surface area contributed by atoms with Crippen molar-refractivity contribution in [3.8, 4) is 0 Å². The number of likely N-dealkylation sites (tertiary alicyclic amines) is 1. The summed E-state index contributed by atoms with van der Waals surface area (Å²) in [6, 6.07) is 15.1. The van der Waals surface area contributed by atoms with Gasteiger partial charge in [0, 0.05) is 24.2 Å². The number of anilines is 1. The molecule has 2 aliphatic heterocycles. The Morgan fingerprint density at radius 1 is 1.10 bits per heavy atom. The van der Waals surface area contributed by atoms with Crippen LogP contribution in [0.25, 0.3) is 0 Å². The quantitative estimate of drug-likeness (QED) is 0.867. The van der Waals surface area contributed by atoms with Gasteiger partial charge in [0.1, 0.15) is 5.71 Å². The average Bonchev–Trinajstić information content (AvgIpc) is 3.13. The fourth-order valence-electron chi connectivity index (χ4n) is 3.92. The first-order valence-corrected chi connectivity index (χ1v) is 9.94. The number of para-hydroxylation sites is 1. The summed E-state index contributed by atoms with van der Waals surface area (Å²) in [5.74, 6) is -0.261. The maximum absolute atomic E-state index is 13.0. The summed E-state index contributed by atoms with van der Waals surface area (Å²) < 4.78 is 0. The molecule has 1 N–H and O–H groups in total. The molecule has 29 heavy (non-hydrogen) atoms. The second-order valence-corrected chi connectivity index (χ2v) is 7.94. The Kier molecular flexibility index (Phi) is 5.09. The molecule has 150 valence electrons. The van der Waals surface area contributed by atoms with E-state index >= 15 is 0 Å². The number of piperidine rings is 1. The monoisotopic (exact) mass is 391 g/mol. The van der Waals surface area contributed by atoms with E-state index in [-0.39, 0.29) is 11.8 Å². The Morgan fingerprint density at radius 3 is 2.66 bits per heavy atom. The van der Waals surface area contributed by atoms with Crippen LogP contribution in [0, 0.1) is 13.8 Å². The van der Waals surface area contributed by atoms with Gasteiger partial charge in [-0.05, 0) is 62.1 Å². The van der Waals surface area contributed by atoms with Gasteiger partial charge in [-0.15, -0.1) is 0 Å². The summed E-state index contributed by atoms with van der Waals surface area (Å²) in [7, 11) is 0. The van der Waals surface area contributed by atoms with E-state index in [4.69, 9.17) is 4.84 Å². The predicted octanol–water partition coefficient (Wildman–Crippen LogP) is 3.69. The molecule has 6 nitrogen and oxygen atoms in total. The molecule has 1 spiro atoms. The highest BCUT2D eigenvalue weighted by molar-refractivity contribution is 6.43. The zero-order chi connectivity index (χ0) is 20.4. The average molecular weight is 391 g/mol.